The van der Waals surface area contributed by atoms with Crippen molar-refractivity contribution in [2.45, 2.75) is 6.92 Å². The van der Waals surface area contributed by atoms with Gasteiger partial charge in [-0.05, 0) is 24.1 Å². The van der Waals surface area contributed by atoms with E-state index in [1.54, 1.807) is 39.7 Å². The molecule has 0 radical (unpaired) electrons. The largest absolute Gasteiger partial charge is 0.493 e. The molecule has 0 aliphatic carbocycles. The lowest BCUT2D eigenvalue weighted by atomic mass is 10.0. The van der Waals surface area contributed by atoms with E-state index < -0.39 is 0 Å². The Morgan fingerprint density at radius 2 is 1.63 bits per heavy atom. The second-order valence-corrected chi connectivity index (χ2v) is 5.78. The van der Waals surface area contributed by atoms with Gasteiger partial charge in [0.2, 0.25) is 11.7 Å². The van der Waals surface area contributed by atoms with Gasteiger partial charge in [0.1, 0.15) is 5.82 Å². The maximum absolute atomic E-state index is 6.02. The van der Waals surface area contributed by atoms with Crippen molar-refractivity contribution in [2.75, 3.05) is 32.8 Å². The van der Waals surface area contributed by atoms with Crippen molar-refractivity contribution in [1.82, 2.24) is 9.97 Å². The number of rotatable bonds is 5. The van der Waals surface area contributed by atoms with Crippen molar-refractivity contribution in [3.63, 3.8) is 0 Å². The van der Waals surface area contributed by atoms with E-state index >= 15 is 0 Å². The zero-order valence-electron chi connectivity index (χ0n) is 15.6. The van der Waals surface area contributed by atoms with Gasteiger partial charge >= 0.3 is 0 Å². The molecule has 0 atom stereocenters. The average molecular weight is 367 g/mol. The molecule has 27 heavy (non-hydrogen) atoms. The van der Waals surface area contributed by atoms with Gasteiger partial charge < -0.3 is 25.7 Å². The van der Waals surface area contributed by atoms with Crippen LogP contribution in [0.3, 0.4) is 0 Å². The molecule has 0 spiro atoms. The summed E-state index contributed by atoms with van der Waals surface area (Å²) in [5.74, 6) is 2.08. The summed E-state index contributed by atoms with van der Waals surface area (Å²) in [6.07, 6.45) is 1.74. The summed E-state index contributed by atoms with van der Waals surface area (Å²) >= 11 is 0. The van der Waals surface area contributed by atoms with Gasteiger partial charge in [-0.2, -0.15) is 4.98 Å². The van der Waals surface area contributed by atoms with E-state index in [4.69, 9.17) is 25.7 Å². The maximum Gasteiger partial charge on any atom is 0.222 e. The highest BCUT2D eigenvalue weighted by atomic mass is 16.5. The Bertz CT molecular complexity index is 1010. The molecule has 0 saturated carbocycles. The van der Waals surface area contributed by atoms with Crippen LogP contribution in [0, 0.1) is 6.92 Å². The number of aromatic nitrogens is 2. The Morgan fingerprint density at radius 1 is 0.963 bits per heavy atom. The Morgan fingerprint density at radius 3 is 2.22 bits per heavy atom. The Hall–Kier alpha value is -3.55. The third-order valence-corrected chi connectivity index (χ3v) is 4.21. The standard InChI is InChI=1S/C19H21N5O3/c1-10-11(5-6-13-16(10)18(20)24-19(21)23-13)9-22-12-7-14(25-2)17(27-4)15(8-12)26-3/h5-9H,1-4H3,(H4,20,21,23,24). The van der Waals surface area contributed by atoms with Gasteiger partial charge in [0.15, 0.2) is 11.5 Å². The summed E-state index contributed by atoms with van der Waals surface area (Å²) < 4.78 is 16.0. The molecule has 8 heteroatoms. The first-order chi connectivity index (χ1) is 13.0. The predicted molar refractivity (Wildman–Crippen MR) is 106 cm³/mol. The molecule has 4 N–H and O–H groups in total. The summed E-state index contributed by atoms with van der Waals surface area (Å²) in [4.78, 5) is 12.8. The van der Waals surface area contributed by atoms with Crippen LogP contribution in [0.5, 0.6) is 17.2 Å². The molecule has 0 bridgehead atoms. The first-order valence-electron chi connectivity index (χ1n) is 8.14. The Labute approximate surface area is 156 Å². The van der Waals surface area contributed by atoms with Crippen molar-refractivity contribution >= 4 is 34.6 Å². The minimum absolute atomic E-state index is 0.151. The van der Waals surface area contributed by atoms with E-state index in [1.165, 1.54) is 0 Å². The van der Waals surface area contributed by atoms with Crippen LogP contribution >= 0.6 is 0 Å². The number of hydrogen-bond acceptors (Lipinski definition) is 8. The number of anilines is 2. The Kier molecular flexibility index (Phi) is 4.98. The molecular weight excluding hydrogens is 346 g/mol. The van der Waals surface area contributed by atoms with Gasteiger partial charge in [0, 0.05) is 23.7 Å². The number of hydrogen-bond donors (Lipinski definition) is 2. The smallest absolute Gasteiger partial charge is 0.222 e. The van der Waals surface area contributed by atoms with Crippen LogP contribution in [0.4, 0.5) is 17.5 Å². The normalized spacial score (nSPS) is 11.1. The molecule has 3 rings (SSSR count). The number of ether oxygens (including phenoxy) is 3. The fourth-order valence-electron chi connectivity index (χ4n) is 2.88. The molecule has 0 fully saturated rings. The van der Waals surface area contributed by atoms with Gasteiger partial charge in [-0.1, -0.05) is 6.07 Å². The molecule has 2 aromatic carbocycles. The van der Waals surface area contributed by atoms with Crippen molar-refractivity contribution in [2.24, 2.45) is 4.99 Å². The van der Waals surface area contributed by atoms with Crippen LogP contribution in [0.1, 0.15) is 11.1 Å². The van der Waals surface area contributed by atoms with Crippen LogP contribution in [0.15, 0.2) is 29.3 Å². The predicted octanol–water partition coefficient (Wildman–Crippen LogP) is 2.88. The first-order valence-corrected chi connectivity index (χ1v) is 8.14. The molecule has 0 amide bonds. The van der Waals surface area contributed by atoms with E-state index in [-0.39, 0.29) is 5.95 Å². The lowest BCUT2D eigenvalue weighted by molar-refractivity contribution is 0.324. The number of benzene rings is 2. The van der Waals surface area contributed by atoms with E-state index in [1.807, 2.05) is 19.1 Å². The number of fused-ring (bicyclic) bond motifs is 1. The van der Waals surface area contributed by atoms with Crippen molar-refractivity contribution in [1.29, 1.82) is 0 Å². The molecule has 0 unspecified atom stereocenters. The zero-order chi connectivity index (χ0) is 19.6. The minimum atomic E-state index is 0.151. The fourth-order valence-corrected chi connectivity index (χ4v) is 2.88. The molecule has 3 aromatic rings. The number of nitrogens with zero attached hydrogens (tertiary/aromatic N) is 3. The average Bonchev–Trinajstić information content (AvgIpc) is 2.65. The molecular formula is C19H21N5O3. The van der Waals surface area contributed by atoms with Crippen molar-refractivity contribution in [3.8, 4) is 17.2 Å². The van der Waals surface area contributed by atoms with Crippen LogP contribution in [0.2, 0.25) is 0 Å². The molecule has 0 aliphatic heterocycles. The first kappa shape index (κ1) is 18.2. The third kappa shape index (κ3) is 3.41. The second kappa shape index (κ2) is 7.36. The summed E-state index contributed by atoms with van der Waals surface area (Å²) in [5, 5.41) is 0.762. The van der Waals surface area contributed by atoms with Crippen molar-refractivity contribution < 1.29 is 14.2 Å². The highest BCUT2D eigenvalue weighted by Crippen LogP contribution is 2.40. The lowest BCUT2D eigenvalue weighted by Crippen LogP contribution is -2.02. The van der Waals surface area contributed by atoms with Gasteiger partial charge in [0.05, 0.1) is 32.5 Å². The molecule has 1 heterocycles. The number of nitrogen functional groups attached to an aromatic ring is 2. The third-order valence-electron chi connectivity index (χ3n) is 4.21. The monoisotopic (exact) mass is 367 g/mol. The molecule has 140 valence electrons. The zero-order valence-corrected chi connectivity index (χ0v) is 15.6. The van der Waals surface area contributed by atoms with Gasteiger partial charge in [-0.15, -0.1) is 0 Å². The van der Waals surface area contributed by atoms with Crippen LogP contribution in [-0.4, -0.2) is 37.5 Å². The van der Waals surface area contributed by atoms with Crippen LogP contribution < -0.4 is 25.7 Å². The number of nitrogens with two attached hydrogens (primary N) is 2. The minimum Gasteiger partial charge on any atom is -0.493 e. The molecule has 0 saturated heterocycles. The van der Waals surface area contributed by atoms with Gasteiger partial charge in [0.25, 0.3) is 0 Å². The van der Waals surface area contributed by atoms with Crippen LogP contribution in [0.25, 0.3) is 10.9 Å². The van der Waals surface area contributed by atoms with Gasteiger partial charge in [-0.3, -0.25) is 4.99 Å². The van der Waals surface area contributed by atoms with Crippen LogP contribution in [-0.2, 0) is 0 Å². The quantitative estimate of drug-likeness (QED) is 0.666. The highest BCUT2D eigenvalue weighted by molar-refractivity contribution is 5.98. The van der Waals surface area contributed by atoms with E-state index in [2.05, 4.69) is 15.0 Å². The Balaban J connectivity index is 2.05. The fraction of sp³-hybridized carbons (Fsp3) is 0.211. The lowest BCUT2D eigenvalue weighted by Gasteiger charge is -2.12. The molecule has 0 aliphatic rings. The van der Waals surface area contributed by atoms with E-state index in [9.17, 15) is 0 Å². The topological polar surface area (TPSA) is 118 Å². The number of aryl methyl sites for hydroxylation is 1. The maximum atomic E-state index is 6.02. The summed E-state index contributed by atoms with van der Waals surface area (Å²) in [7, 11) is 4.68. The second-order valence-electron chi connectivity index (χ2n) is 5.78. The summed E-state index contributed by atoms with van der Waals surface area (Å²) in [6, 6.07) is 7.29. The van der Waals surface area contributed by atoms with E-state index in [0.717, 1.165) is 16.5 Å². The van der Waals surface area contributed by atoms with Gasteiger partial charge in [-0.25, -0.2) is 4.98 Å². The molecule has 1 aromatic heterocycles. The van der Waals surface area contributed by atoms with E-state index in [0.29, 0.717) is 34.3 Å². The molecule has 8 nitrogen and oxygen atoms in total. The summed E-state index contributed by atoms with van der Waals surface area (Å²) in [6.45, 7) is 1.94. The number of methoxy groups -OCH3 is 3. The number of aliphatic imine (C=N–C) groups is 1. The van der Waals surface area contributed by atoms with Crippen molar-refractivity contribution in [3.05, 3.63) is 35.4 Å². The summed E-state index contributed by atoms with van der Waals surface area (Å²) in [5.41, 5.74) is 14.8. The highest BCUT2D eigenvalue weighted by Gasteiger charge is 2.13. The SMILES string of the molecule is COc1cc(N=Cc2ccc3nc(N)nc(N)c3c2C)cc(OC)c1OC.